The molecule has 7 nitrogen and oxygen atoms in total. The lowest BCUT2D eigenvalue weighted by Crippen LogP contribution is -2.31. The topological polar surface area (TPSA) is 89.8 Å². The minimum atomic E-state index is -4.25. The summed E-state index contributed by atoms with van der Waals surface area (Å²) in [7, 11) is -2.82. The average Bonchev–Trinajstić information content (AvgIpc) is 2.72. The number of nitro benzene ring substituents is 1. The summed E-state index contributed by atoms with van der Waals surface area (Å²) in [6, 6.07) is 18.9. The summed E-state index contributed by atoms with van der Waals surface area (Å²) in [6.07, 6.45) is 0. The highest BCUT2D eigenvalue weighted by molar-refractivity contribution is 7.93. The van der Waals surface area contributed by atoms with Gasteiger partial charge in [-0.3, -0.25) is 14.4 Å². The first kappa shape index (κ1) is 20.6. The van der Waals surface area contributed by atoms with Gasteiger partial charge in [-0.15, -0.1) is 0 Å². The van der Waals surface area contributed by atoms with Crippen LogP contribution in [0.1, 0.15) is 5.56 Å². The molecule has 150 valence electrons. The highest BCUT2D eigenvalue weighted by Crippen LogP contribution is 2.36. The van der Waals surface area contributed by atoms with Gasteiger partial charge < -0.3 is 4.74 Å². The maximum Gasteiger partial charge on any atom is 0.270 e. The van der Waals surface area contributed by atoms with Gasteiger partial charge in [0.05, 0.1) is 29.3 Å². The minimum absolute atomic E-state index is 0.0113. The van der Waals surface area contributed by atoms with Crippen LogP contribution in [0.15, 0.2) is 77.7 Å². The number of benzene rings is 3. The van der Waals surface area contributed by atoms with Crippen molar-refractivity contribution in [3.05, 3.63) is 93.5 Å². The number of nitro groups is 1. The van der Waals surface area contributed by atoms with Crippen molar-refractivity contribution in [3.63, 3.8) is 0 Å². The van der Waals surface area contributed by atoms with Gasteiger partial charge in [-0.1, -0.05) is 54.1 Å². The van der Waals surface area contributed by atoms with Gasteiger partial charge in [0.15, 0.2) is 0 Å². The number of methoxy groups -OCH3 is 1. The zero-order valence-corrected chi connectivity index (χ0v) is 16.9. The zero-order chi connectivity index (χ0) is 21.0. The number of hydrogen-bond acceptors (Lipinski definition) is 5. The molecular formula is C20H17ClN2O5S. The van der Waals surface area contributed by atoms with Crippen molar-refractivity contribution < 1.29 is 18.1 Å². The quantitative estimate of drug-likeness (QED) is 0.400. The minimum Gasteiger partial charge on any atom is -0.495 e. The largest absolute Gasteiger partial charge is 0.495 e. The second kappa shape index (κ2) is 8.50. The fourth-order valence-electron chi connectivity index (χ4n) is 2.81. The molecule has 0 heterocycles. The Balaban J connectivity index is 2.20. The summed E-state index contributed by atoms with van der Waals surface area (Å²) in [5, 5.41) is 11.0. The fraction of sp³-hybridized carbons (Fsp3) is 0.100. The van der Waals surface area contributed by atoms with Crippen LogP contribution in [0.4, 0.5) is 11.4 Å². The molecule has 0 fully saturated rings. The highest BCUT2D eigenvalue weighted by atomic mass is 35.5. The lowest BCUT2D eigenvalue weighted by molar-refractivity contribution is -0.385. The number of para-hydroxylation sites is 2. The normalized spacial score (nSPS) is 11.1. The molecule has 3 aromatic carbocycles. The van der Waals surface area contributed by atoms with E-state index in [1.165, 1.54) is 13.2 Å². The predicted octanol–water partition coefficient (Wildman–Crippen LogP) is 4.65. The van der Waals surface area contributed by atoms with Crippen molar-refractivity contribution in [2.45, 2.75) is 11.4 Å². The van der Waals surface area contributed by atoms with Gasteiger partial charge in [0.25, 0.3) is 15.7 Å². The molecule has 3 aromatic rings. The van der Waals surface area contributed by atoms with Crippen LogP contribution in [0.3, 0.4) is 0 Å². The van der Waals surface area contributed by atoms with E-state index in [1.807, 2.05) is 6.07 Å². The van der Waals surface area contributed by atoms with Gasteiger partial charge in [0.1, 0.15) is 10.6 Å². The number of hydrogen-bond donors (Lipinski definition) is 0. The molecule has 0 bridgehead atoms. The summed E-state index contributed by atoms with van der Waals surface area (Å²) < 4.78 is 33.6. The van der Waals surface area contributed by atoms with Gasteiger partial charge in [0, 0.05) is 12.1 Å². The molecule has 0 atom stereocenters. The summed E-state index contributed by atoms with van der Waals surface area (Å²) in [4.78, 5) is 10.1. The Kier molecular flexibility index (Phi) is 6.05. The van der Waals surface area contributed by atoms with Crippen LogP contribution < -0.4 is 9.04 Å². The lowest BCUT2D eigenvalue weighted by Gasteiger charge is -2.26. The lowest BCUT2D eigenvalue weighted by atomic mass is 10.2. The summed E-state index contributed by atoms with van der Waals surface area (Å²) in [5.74, 6) is 0.341. The van der Waals surface area contributed by atoms with Crippen molar-refractivity contribution in [2.24, 2.45) is 0 Å². The number of non-ortho nitro benzene ring substituents is 1. The maximum atomic E-state index is 13.6. The van der Waals surface area contributed by atoms with E-state index in [-0.39, 0.29) is 22.2 Å². The maximum absolute atomic E-state index is 13.6. The van der Waals surface area contributed by atoms with E-state index >= 15 is 0 Å². The Morgan fingerprint density at radius 2 is 1.69 bits per heavy atom. The molecule has 0 aliphatic rings. The van der Waals surface area contributed by atoms with Crippen LogP contribution >= 0.6 is 11.6 Å². The summed E-state index contributed by atoms with van der Waals surface area (Å²) in [5.41, 5.74) is 0.651. The van der Waals surface area contributed by atoms with Crippen molar-refractivity contribution >= 4 is 33.0 Å². The third-order valence-corrected chi connectivity index (χ3v) is 6.46. The van der Waals surface area contributed by atoms with E-state index in [2.05, 4.69) is 0 Å². The average molecular weight is 433 g/mol. The van der Waals surface area contributed by atoms with Crippen LogP contribution in [0.2, 0.25) is 5.02 Å². The van der Waals surface area contributed by atoms with Gasteiger partial charge in [-0.2, -0.15) is 0 Å². The Labute approximate surface area is 173 Å². The SMILES string of the molecule is COc1ccccc1N(Cc1ccccc1)S(=O)(=O)c1cc([N+](=O)[O-])ccc1Cl. The molecular weight excluding hydrogens is 416 g/mol. The molecule has 0 saturated heterocycles. The molecule has 0 aliphatic heterocycles. The van der Waals surface area contributed by atoms with Crippen LogP contribution in [0.25, 0.3) is 0 Å². The van der Waals surface area contributed by atoms with E-state index in [1.54, 1.807) is 48.5 Å². The Hall–Kier alpha value is -3.10. The second-order valence-corrected chi connectivity index (χ2v) is 8.28. The molecule has 0 N–H and O–H groups in total. The van der Waals surface area contributed by atoms with Gasteiger partial charge >= 0.3 is 0 Å². The molecule has 0 aromatic heterocycles. The van der Waals surface area contributed by atoms with Crippen LogP contribution in [-0.4, -0.2) is 20.5 Å². The van der Waals surface area contributed by atoms with Crippen molar-refractivity contribution in [3.8, 4) is 5.75 Å². The number of sulfonamides is 1. The van der Waals surface area contributed by atoms with Crippen molar-refractivity contribution in [1.82, 2.24) is 0 Å². The van der Waals surface area contributed by atoms with Crippen LogP contribution in [0, 0.1) is 10.1 Å². The van der Waals surface area contributed by atoms with Crippen LogP contribution in [-0.2, 0) is 16.6 Å². The first-order chi connectivity index (χ1) is 13.8. The molecule has 0 spiro atoms. The predicted molar refractivity (Wildman–Crippen MR) is 111 cm³/mol. The van der Waals surface area contributed by atoms with E-state index in [4.69, 9.17) is 16.3 Å². The smallest absolute Gasteiger partial charge is 0.270 e. The molecule has 29 heavy (non-hydrogen) atoms. The van der Waals surface area contributed by atoms with E-state index in [0.717, 1.165) is 22.0 Å². The molecule has 0 amide bonds. The standard InChI is InChI=1S/C20H17ClN2O5S/c1-28-19-10-6-5-9-18(19)22(14-15-7-3-2-4-8-15)29(26,27)20-13-16(23(24)25)11-12-17(20)21/h2-13H,14H2,1H3. The zero-order valence-electron chi connectivity index (χ0n) is 15.4. The first-order valence-electron chi connectivity index (χ1n) is 8.48. The van der Waals surface area contributed by atoms with Gasteiger partial charge in [-0.25, -0.2) is 8.42 Å². The van der Waals surface area contributed by atoms with E-state index < -0.39 is 14.9 Å². The molecule has 9 heteroatoms. The van der Waals surface area contributed by atoms with Gasteiger partial charge in [-0.05, 0) is 23.8 Å². The third kappa shape index (κ3) is 4.33. The first-order valence-corrected chi connectivity index (χ1v) is 10.3. The summed E-state index contributed by atoms with van der Waals surface area (Å²) in [6.45, 7) is -0.0113. The molecule has 3 rings (SSSR count). The van der Waals surface area contributed by atoms with Crippen molar-refractivity contribution in [2.75, 3.05) is 11.4 Å². The van der Waals surface area contributed by atoms with Gasteiger partial charge in [0.2, 0.25) is 0 Å². The summed E-state index contributed by atoms with van der Waals surface area (Å²) >= 11 is 6.13. The Bertz CT molecular complexity index is 1140. The molecule has 0 unspecified atom stereocenters. The molecule has 0 radical (unpaired) electrons. The number of halogens is 1. The second-order valence-electron chi connectivity index (χ2n) is 6.04. The molecule has 0 aliphatic carbocycles. The number of ether oxygens (including phenoxy) is 1. The Morgan fingerprint density at radius 3 is 2.34 bits per heavy atom. The highest BCUT2D eigenvalue weighted by Gasteiger charge is 2.31. The third-order valence-electron chi connectivity index (χ3n) is 4.22. The fourth-order valence-corrected chi connectivity index (χ4v) is 4.77. The molecule has 0 saturated carbocycles. The number of nitrogens with zero attached hydrogens (tertiary/aromatic N) is 2. The Morgan fingerprint density at radius 1 is 1.03 bits per heavy atom. The van der Waals surface area contributed by atoms with E-state index in [9.17, 15) is 18.5 Å². The van der Waals surface area contributed by atoms with E-state index in [0.29, 0.717) is 11.4 Å². The van der Waals surface area contributed by atoms with Crippen LogP contribution in [0.5, 0.6) is 5.75 Å². The number of rotatable bonds is 7. The monoisotopic (exact) mass is 432 g/mol. The number of anilines is 1. The van der Waals surface area contributed by atoms with Crippen molar-refractivity contribution in [1.29, 1.82) is 0 Å².